The van der Waals surface area contributed by atoms with Gasteiger partial charge in [-0.1, -0.05) is 17.3 Å². The van der Waals surface area contributed by atoms with E-state index < -0.39 is 0 Å². The molecule has 0 radical (unpaired) electrons. The van der Waals surface area contributed by atoms with Crippen molar-refractivity contribution in [3.05, 3.63) is 47.5 Å². The maximum absolute atomic E-state index is 12.6. The average molecular weight is 206 g/mol. The minimum atomic E-state index is -0.220. The maximum Gasteiger partial charge on any atom is 0.167 e. The zero-order valence-electron chi connectivity index (χ0n) is 8.11. The molecule has 0 aliphatic rings. The summed E-state index contributed by atoms with van der Waals surface area (Å²) in [6.45, 7) is 0. The lowest BCUT2D eigenvalue weighted by molar-refractivity contribution is 0.386. The molecule has 1 aromatic heterocycles. The van der Waals surface area contributed by atoms with Gasteiger partial charge in [0.15, 0.2) is 5.82 Å². The van der Waals surface area contributed by atoms with E-state index in [9.17, 15) is 4.39 Å². The fraction of sp³-hybridized carbons (Fsp3) is 0.182. The maximum atomic E-state index is 12.6. The van der Waals surface area contributed by atoms with Gasteiger partial charge in [0.2, 0.25) is 0 Å². The number of hydrogen-bond donors (Lipinski definition) is 1. The summed E-state index contributed by atoms with van der Waals surface area (Å²) in [7, 11) is 0. The fourth-order valence-corrected chi connectivity index (χ4v) is 1.37. The molecule has 2 aromatic rings. The molecule has 0 saturated heterocycles. The van der Waals surface area contributed by atoms with E-state index in [0.717, 1.165) is 24.2 Å². The topological polar surface area (TPSA) is 52.0 Å². The molecule has 0 spiro atoms. The predicted molar refractivity (Wildman–Crippen MR) is 54.7 cm³/mol. The lowest BCUT2D eigenvalue weighted by atomic mass is 10.1. The number of aryl methyl sites for hydroxylation is 2. The van der Waals surface area contributed by atoms with Crippen molar-refractivity contribution in [2.75, 3.05) is 5.73 Å². The average Bonchev–Trinajstić information content (AvgIpc) is 2.64. The van der Waals surface area contributed by atoms with Gasteiger partial charge in [-0.15, -0.1) is 0 Å². The summed E-state index contributed by atoms with van der Waals surface area (Å²) >= 11 is 0. The number of halogens is 1. The van der Waals surface area contributed by atoms with E-state index >= 15 is 0 Å². The number of anilines is 1. The summed E-state index contributed by atoms with van der Waals surface area (Å²) in [4.78, 5) is 0. The Balaban J connectivity index is 1.96. The molecular formula is C11H11FN2O. The Labute approximate surface area is 86.7 Å². The first kappa shape index (κ1) is 9.71. The highest BCUT2D eigenvalue weighted by Gasteiger charge is 2.01. The third kappa shape index (κ3) is 2.56. The van der Waals surface area contributed by atoms with E-state index in [1.54, 1.807) is 18.2 Å². The van der Waals surface area contributed by atoms with Crippen LogP contribution in [0.1, 0.15) is 11.3 Å². The van der Waals surface area contributed by atoms with Gasteiger partial charge < -0.3 is 10.3 Å². The number of hydrogen-bond acceptors (Lipinski definition) is 3. The normalized spacial score (nSPS) is 10.5. The molecule has 15 heavy (non-hydrogen) atoms. The Morgan fingerprint density at radius 3 is 2.53 bits per heavy atom. The zero-order chi connectivity index (χ0) is 10.7. The Kier molecular flexibility index (Phi) is 2.67. The second-order valence-electron chi connectivity index (χ2n) is 3.34. The van der Waals surface area contributed by atoms with Crippen molar-refractivity contribution in [1.29, 1.82) is 0 Å². The summed E-state index contributed by atoms with van der Waals surface area (Å²) < 4.78 is 17.6. The van der Waals surface area contributed by atoms with E-state index in [4.69, 9.17) is 10.3 Å². The highest BCUT2D eigenvalue weighted by Crippen LogP contribution is 2.10. The highest BCUT2D eigenvalue weighted by atomic mass is 19.1. The van der Waals surface area contributed by atoms with Gasteiger partial charge in [-0.25, -0.2) is 4.39 Å². The first-order chi connectivity index (χ1) is 7.24. The van der Waals surface area contributed by atoms with E-state index in [0.29, 0.717) is 5.82 Å². The van der Waals surface area contributed by atoms with Crippen LogP contribution in [0.4, 0.5) is 10.2 Å². The molecule has 78 valence electrons. The molecule has 0 fully saturated rings. The van der Waals surface area contributed by atoms with Crippen molar-refractivity contribution in [2.45, 2.75) is 12.8 Å². The highest BCUT2D eigenvalue weighted by molar-refractivity contribution is 5.27. The SMILES string of the molecule is Nc1cc(CCc2ccc(F)cc2)on1. The minimum Gasteiger partial charge on any atom is -0.381 e. The number of nitrogens with two attached hydrogens (primary N) is 1. The molecule has 0 aliphatic carbocycles. The van der Waals surface area contributed by atoms with Crippen molar-refractivity contribution in [3.63, 3.8) is 0 Å². The van der Waals surface area contributed by atoms with E-state index in [-0.39, 0.29) is 5.82 Å². The lowest BCUT2D eigenvalue weighted by Crippen LogP contribution is -1.89. The first-order valence-corrected chi connectivity index (χ1v) is 4.69. The van der Waals surface area contributed by atoms with Gasteiger partial charge in [-0.3, -0.25) is 0 Å². The van der Waals surface area contributed by atoms with Crippen LogP contribution in [0.2, 0.25) is 0 Å². The molecule has 1 aromatic carbocycles. The molecule has 0 unspecified atom stereocenters. The van der Waals surface area contributed by atoms with Crippen LogP contribution in [0.5, 0.6) is 0 Å². The van der Waals surface area contributed by atoms with Crippen LogP contribution in [-0.2, 0) is 12.8 Å². The number of nitrogen functional groups attached to an aromatic ring is 1. The Morgan fingerprint density at radius 1 is 1.20 bits per heavy atom. The van der Waals surface area contributed by atoms with Crippen molar-refractivity contribution < 1.29 is 8.91 Å². The Bertz CT molecular complexity index is 436. The lowest BCUT2D eigenvalue weighted by Gasteiger charge is -1.97. The predicted octanol–water partition coefficient (Wildman–Crippen LogP) is 2.18. The molecule has 3 nitrogen and oxygen atoms in total. The smallest absolute Gasteiger partial charge is 0.167 e. The van der Waals surface area contributed by atoms with Gasteiger partial charge in [0.05, 0.1) is 0 Å². The molecule has 1 heterocycles. The molecule has 0 saturated carbocycles. The van der Waals surface area contributed by atoms with Crippen LogP contribution >= 0.6 is 0 Å². The number of aromatic nitrogens is 1. The van der Waals surface area contributed by atoms with E-state index in [1.165, 1.54) is 12.1 Å². The zero-order valence-corrected chi connectivity index (χ0v) is 8.11. The standard InChI is InChI=1S/C11H11FN2O/c12-9-4-1-8(2-5-9)3-6-10-7-11(13)14-15-10/h1-2,4-5,7H,3,6H2,(H2,13,14). The Morgan fingerprint density at radius 2 is 1.93 bits per heavy atom. The van der Waals surface area contributed by atoms with Crippen LogP contribution in [-0.4, -0.2) is 5.16 Å². The molecular weight excluding hydrogens is 195 g/mol. The fourth-order valence-electron chi connectivity index (χ4n) is 1.37. The third-order valence-corrected chi connectivity index (χ3v) is 2.15. The quantitative estimate of drug-likeness (QED) is 0.837. The van der Waals surface area contributed by atoms with Crippen LogP contribution in [0.15, 0.2) is 34.9 Å². The molecule has 0 aliphatic heterocycles. The van der Waals surface area contributed by atoms with Crippen molar-refractivity contribution in [1.82, 2.24) is 5.16 Å². The summed E-state index contributed by atoms with van der Waals surface area (Å²) in [5.74, 6) is 0.920. The first-order valence-electron chi connectivity index (χ1n) is 4.69. The number of rotatable bonds is 3. The molecule has 2 rings (SSSR count). The second kappa shape index (κ2) is 4.13. The van der Waals surface area contributed by atoms with Gasteiger partial charge in [0.1, 0.15) is 11.6 Å². The van der Waals surface area contributed by atoms with Crippen LogP contribution < -0.4 is 5.73 Å². The minimum absolute atomic E-state index is 0.220. The van der Waals surface area contributed by atoms with E-state index in [1.807, 2.05) is 0 Å². The summed E-state index contributed by atoms with van der Waals surface area (Å²) in [6.07, 6.45) is 1.50. The van der Waals surface area contributed by atoms with Gasteiger partial charge in [0, 0.05) is 12.5 Å². The Hall–Kier alpha value is -1.84. The number of benzene rings is 1. The molecule has 0 amide bonds. The van der Waals surface area contributed by atoms with Gasteiger partial charge >= 0.3 is 0 Å². The molecule has 2 N–H and O–H groups in total. The van der Waals surface area contributed by atoms with Gasteiger partial charge in [-0.05, 0) is 24.1 Å². The van der Waals surface area contributed by atoms with Crippen LogP contribution in [0, 0.1) is 5.82 Å². The van der Waals surface area contributed by atoms with Crippen LogP contribution in [0.3, 0.4) is 0 Å². The molecule has 0 atom stereocenters. The molecule has 0 bridgehead atoms. The van der Waals surface area contributed by atoms with Crippen molar-refractivity contribution in [2.24, 2.45) is 0 Å². The second-order valence-corrected chi connectivity index (χ2v) is 3.34. The largest absolute Gasteiger partial charge is 0.381 e. The van der Waals surface area contributed by atoms with Crippen LogP contribution in [0.25, 0.3) is 0 Å². The van der Waals surface area contributed by atoms with Crippen molar-refractivity contribution in [3.8, 4) is 0 Å². The summed E-state index contributed by atoms with van der Waals surface area (Å²) in [6, 6.07) is 8.11. The van der Waals surface area contributed by atoms with E-state index in [2.05, 4.69) is 5.16 Å². The summed E-state index contributed by atoms with van der Waals surface area (Å²) in [5, 5.41) is 3.59. The van der Waals surface area contributed by atoms with Crippen molar-refractivity contribution >= 4 is 5.82 Å². The molecule has 4 heteroatoms. The monoisotopic (exact) mass is 206 g/mol. The van der Waals surface area contributed by atoms with Gasteiger partial charge in [-0.2, -0.15) is 0 Å². The third-order valence-electron chi connectivity index (χ3n) is 2.15. The van der Waals surface area contributed by atoms with Gasteiger partial charge in [0.25, 0.3) is 0 Å². The summed E-state index contributed by atoms with van der Waals surface area (Å²) in [5.41, 5.74) is 6.47. The number of nitrogens with zero attached hydrogens (tertiary/aromatic N) is 1.